The zero-order valence-corrected chi connectivity index (χ0v) is 16.0. The number of halogens is 2. The topological polar surface area (TPSA) is 78.7 Å². The molecule has 3 amide bonds. The fraction of sp³-hybridized carbons (Fsp3) is 0.300. The number of para-hydroxylation sites is 1. The highest BCUT2D eigenvalue weighted by Gasteiger charge is 2.25. The highest BCUT2D eigenvalue weighted by Crippen LogP contribution is 2.23. The van der Waals surface area contributed by atoms with E-state index in [-0.39, 0.29) is 18.1 Å². The van der Waals surface area contributed by atoms with E-state index in [4.69, 9.17) is 17.3 Å². The van der Waals surface area contributed by atoms with Gasteiger partial charge in [-0.25, -0.2) is 9.18 Å². The summed E-state index contributed by atoms with van der Waals surface area (Å²) in [6.07, 6.45) is 0.0876. The molecule has 1 atom stereocenters. The van der Waals surface area contributed by atoms with E-state index in [1.54, 1.807) is 47.4 Å². The molecule has 0 unspecified atom stereocenters. The van der Waals surface area contributed by atoms with Crippen LogP contribution < -0.4 is 16.0 Å². The molecule has 0 radical (unpaired) electrons. The van der Waals surface area contributed by atoms with Gasteiger partial charge >= 0.3 is 6.03 Å². The number of amides is 3. The molecular formula is C20H22ClFN4O2. The molecule has 1 heterocycles. The molecule has 0 aliphatic carbocycles. The lowest BCUT2D eigenvalue weighted by molar-refractivity contribution is -0.132. The van der Waals surface area contributed by atoms with Crippen LogP contribution in [0.25, 0.3) is 0 Å². The van der Waals surface area contributed by atoms with Crippen molar-refractivity contribution in [3.8, 4) is 0 Å². The Morgan fingerprint density at radius 2 is 1.71 bits per heavy atom. The number of nitrogens with zero attached hydrogens (tertiary/aromatic N) is 2. The van der Waals surface area contributed by atoms with Crippen molar-refractivity contribution in [2.24, 2.45) is 5.73 Å². The average Bonchev–Trinajstić information content (AvgIpc) is 2.68. The van der Waals surface area contributed by atoms with Gasteiger partial charge in [0.05, 0.1) is 18.2 Å². The molecule has 2 aromatic rings. The number of urea groups is 1. The van der Waals surface area contributed by atoms with Crippen LogP contribution in [-0.4, -0.2) is 43.0 Å². The van der Waals surface area contributed by atoms with Gasteiger partial charge in [0.2, 0.25) is 5.91 Å². The zero-order chi connectivity index (χ0) is 20.1. The van der Waals surface area contributed by atoms with Crippen molar-refractivity contribution >= 4 is 29.2 Å². The van der Waals surface area contributed by atoms with Gasteiger partial charge in [-0.2, -0.15) is 0 Å². The van der Waals surface area contributed by atoms with E-state index < -0.39 is 12.1 Å². The van der Waals surface area contributed by atoms with Gasteiger partial charge in [-0.3, -0.25) is 4.79 Å². The van der Waals surface area contributed by atoms with E-state index in [0.717, 1.165) is 5.56 Å². The second-order valence-corrected chi connectivity index (χ2v) is 7.07. The van der Waals surface area contributed by atoms with E-state index in [1.807, 2.05) is 4.90 Å². The number of nitrogens with two attached hydrogens (primary N) is 1. The predicted octanol–water partition coefficient (Wildman–Crippen LogP) is 2.93. The molecule has 1 aliphatic heterocycles. The van der Waals surface area contributed by atoms with Gasteiger partial charge in [0.15, 0.2) is 0 Å². The molecule has 1 aliphatic rings. The first kappa shape index (κ1) is 19.9. The van der Waals surface area contributed by atoms with Crippen LogP contribution in [0.5, 0.6) is 0 Å². The third kappa shape index (κ3) is 4.92. The average molecular weight is 405 g/mol. The first-order chi connectivity index (χ1) is 13.4. The minimum Gasteiger partial charge on any atom is -0.366 e. The van der Waals surface area contributed by atoms with Crippen LogP contribution >= 0.6 is 11.6 Å². The second kappa shape index (κ2) is 8.93. The van der Waals surface area contributed by atoms with Gasteiger partial charge < -0.3 is 20.9 Å². The SMILES string of the molecule is NC(=O)N[C@@H](CC(=O)N1CCN(c2ccccc2F)CC1)c1ccc(Cl)cc1. The van der Waals surface area contributed by atoms with Crippen molar-refractivity contribution in [1.29, 1.82) is 0 Å². The highest BCUT2D eigenvalue weighted by atomic mass is 35.5. The Hall–Kier alpha value is -2.80. The number of hydrogen-bond acceptors (Lipinski definition) is 3. The standard InChI is InChI=1S/C20H22ClFN4O2/c21-15-7-5-14(6-8-15)17(24-20(23)28)13-19(27)26-11-9-25(10-12-26)18-4-2-1-3-16(18)22/h1-8,17H,9-13H2,(H3,23,24,28)/t17-/m0/s1. The Bertz CT molecular complexity index is 838. The van der Waals surface area contributed by atoms with E-state index in [2.05, 4.69) is 5.32 Å². The quantitative estimate of drug-likeness (QED) is 0.804. The number of anilines is 1. The van der Waals surface area contributed by atoms with Crippen LogP contribution in [-0.2, 0) is 4.79 Å². The summed E-state index contributed by atoms with van der Waals surface area (Å²) in [5, 5.41) is 3.18. The maximum atomic E-state index is 14.0. The lowest BCUT2D eigenvalue weighted by atomic mass is 10.0. The molecule has 0 saturated carbocycles. The monoisotopic (exact) mass is 404 g/mol. The van der Waals surface area contributed by atoms with Gasteiger partial charge in [0.25, 0.3) is 0 Å². The number of carbonyl (C=O) groups excluding carboxylic acids is 2. The van der Waals surface area contributed by atoms with Crippen molar-refractivity contribution in [2.75, 3.05) is 31.1 Å². The van der Waals surface area contributed by atoms with Crippen LogP contribution in [0.15, 0.2) is 48.5 Å². The summed E-state index contributed by atoms with van der Waals surface area (Å²) in [5.74, 6) is -0.363. The summed E-state index contributed by atoms with van der Waals surface area (Å²) in [5.41, 5.74) is 6.57. The van der Waals surface area contributed by atoms with Crippen LogP contribution in [0.3, 0.4) is 0 Å². The summed E-state index contributed by atoms with van der Waals surface area (Å²) in [6.45, 7) is 2.05. The maximum Gasteiger partial charge on any atom is 0.312 e. The zero-order valence-electron chi connectivity index (χ0n) is 15.3. The van der Waals surface area contributed by atoms with E-state index in [1.165, 1.54) is 6.07 Å². The van der Waals surface area contributed by atoms with Gasteiger partial charge in [-0.05, 0) is 29.8 Å². The minimum absolute atomic E-state index is 0.0876. The number of nitrogens with one attached hydrogen (secondary N) is 1. The maximum absolute atomic E-state index is 14.0. The van der Waals surface area contributed by atoms with Crippen LogP contribution in [0, 0.1) is 5.82 Å². The van der Waals surface area contributed by atoms with Crippen molar-refractivity contribution in [2.45, 2.75) is 12.5 Å². The van der Waals surface area contributed by atoms with E-state index in [0.29, 0.717) is 36.9 Å². The molecule has 0 bridgehead atoms. The van der Waals surface area contributed by atoms with Gasteiger partial charge in [0, 0.05) is 31.2 Å². The predicted molar refractivity (Wildman–Crippen MR) is 107 cm³/mol. The summed E-state index contributed by atoms with van der Waals surface area (Å²) in [7, 11) is 0. The van der Waals surface area contributed by atoms with Crippen molar-refractivity contribution in [3.63, 3.8) is 0 Å². The number of piperazine rings is 1. The number of rotatable bonds is 5. The molecule has 1 fully saturated rings. The largest absolute Gasteiger partial charge is 0.366 e. The van der Waals surface area contributed by atoms with E-state index >= 15 is 0 Å². The highest BCUT2D eigenvalue weighted by molar-refractivity contribution is 6.30. The molecule has 1 saturated heterocycles. The Morgan fingerprint density at radius 3 is 2.32 bits per heavy atom. The molecular weight excluding hydrogens is 383 g/mol. The van der Waals surface area contributed by atoms with Crippen molar-refractivity contribution < 1.29 is 14.0 Å². The summed E-state index contributed by atoms with van der Waals surface area (Å²) in [4.78, 5) is 27.8. The fourth-order valence-corrected chi connectivity index (χ4v) is 3.45. The minimum atomic E-state index is -0.697. The molecule has 0 aromatic heterocycles. The molecule has 0 spiro atoms. The second-order valence-electron chi connectivity index (χ2n) is 6.64. The van der Waals surface area contributed by atoms with Gasteiger partial charge in [0.1, 0.15) is 5.82 Å². The first-order valence-electron chi connectivity index (χ1n) is 9.02. The molecule has 6 nitrogen and oxygen atoms in total. The lowest BCUT2D eigenvalue weighted by Gasteiger charge is -2.36. The Balaban J connectivity index is 1.62. The number of hydrogen-bond donors (Lipinski definition) is 2. The van der Waals surface area contributed by atoms with Crippen LogP contribution in [0.4, 0.5) is 14.9 Å². The summed E-state index contributed by atoms with van der Waals surface area (Å²) in [6, 6.07) is 12.3. The molecule has 8 heteroatoms. The number of carbonyl (C=O) groups is 2. The van der Waals surface area contributed by atoms with Crippen LogP contribution in [0.1, 0.15) is 18.0 Å². The van der Waals surface area contributed by atoms with Crippen molar-refractivity contribution in [1.82, 2.24) is 10.2 Å². The smallest absolute Gasteiger partial charge is 0.312 e. The number of benzene rings is 2. The number of primary amides is 1. The molecule has 2 aromatic carbocycles. The third-order valence-electron chi connectivity index (χ3n) is 4.79. The normalized spacial score (nSPS) is 15.2. The molecule has 148 valence electrons. The first-order valence-corrected chi connectivity index (χ1v) is 9.40. The lowest BCUT2D eigenvalue weighted by Crippen LogP contribution is -2.49. The van der Waals surface area contributed by atoms with Gasteiger partial charge in [-0.15, -0.1) is 0 Å². The Kier molecular flexibility index (Phi) is 6.36. The summed E-state index contributed by atoms with van der Waals surface area (Å²) < 4.78 is 14.0. The Morgan fingerprint density at radius 1 is 1.07 bits per heavy atom. The molecule has 28 heavy (non-hydrogen) atoms. The molecule has 3 rings (SSSR count). The molecule has 3 N–H and O–H groups in total. The van der Waals surface area contributed by atoms with E-state index in [9.17, 15) is 14.0 Å². The summed E-state index contributed by atoms with van der Waals surface area (Å²) >= 11 is 5.91. The third-order valence-corrected chi connectivity index (χ3v) is 5.05. The van der Waals surface area contributed by atoms with Crippen LogP contribution in [0.2, 0.25) is 5.02 Å². The Labute approximate surface area is 168 Å². The fourth-order valence-electron chi connectivity index (χ4n) is 3.33. The van der Waals surface area contributed by atoms with Gasteiger partial charge in [-0.1, -0.05) is 35.9 Å². The van der Waals surface area contributed by atoms with Crippen molar-refractivity contribution in [3.05, 3.63) is 64.9 Å².